The summed E-state index contributed by atoms with van der Waals surface area (Å²) in [5, 5.41) is 18.0. The van der Waals surface area contributed by atoms with E-state index < -0.39 is 22.6 Å². The summed E-state index contributed by atoms with van der Waals surface area (Å²) < 4.78 is 3.78. The maximum atomic E-state index is 9.34. The van der Waals surface area contributed by atoms with Gasteiger partial charge in [0.2, 0.25) is 0 Å². The van der Waals surface area contributed by atoms with Crippen LogP contribution in [0.15, 0.2) is 0 Å². The molecule has 0 aromatic heterocycles. The van der Waals surface area contributed by atoms with Crippen molar-refractivity contribution in [3.05, 3.63) is 0 Å². The molecule has 1 heterocycles. The molecule has 0 aromatic rings. The molecule has 0 unspecified atom stereocenters. The van der Waals surface area contributed by atoms with Crippen LogP contribution in [0, 0.1) is 0 Å². The van der Waals surface area contributed by atoms with Crippen LogP contribution in [0.4, 0.5) is 0 Å². The van der Waals surface area contributed by atoms with E-state index in [1.165, 1.54) is 0 Å². The van der Waals surface area contributed by atoms with E-state index >= 15 is 0 Å². The third kappa shape index (κ3) is 1.48. The maximum absolute atomic E-state index is 9.34. The fraction of sp³-hybridized carbons (Fsp3) is 1.00. The zero-order valence-electron chi connectivity index (χ0n) is 6.00. The van der Waals surface area contributed by atoms with Crippen LogP contribution in [-0.4, -0.2) is 39.5 Å². The molecule has 0 aliphatic carbocycles. The summed E-state index contributed by atoms with van der Waals surface area (Å²) in [6, 6.07) is 0. The molecular weight excluding hydrogens is 191 g/mol. The van der Waals surface area contributed by atoms with E-state index in [0.717, 1.165) is 0 Å². The summed E-state index contributed by atoms with van der Waals surface area (Å²) in [6.45, 7) is 1.38. The largest absolute Gasteiger partial charge is 0.394 e. The first-order valence-electron chi connectivity index (χ1n) is 3.32. The lowest BCUT2D eigenvalue weighted by Gasteiger charge is -2.19. The topological polar surface area (TPSA) is 49.7 Å². The van der Waals surface area contributed by atoms with Crippen LogP contribution in [0.2, 0.25) is 0 Å². The van der Waals surface area contributed by atoms with Gasteiger partial charge in [0.15, 0.2) is 4.33 Å². The maximum Gasteiger partial charge on any atom is 0.172 e. The van der Waals surface area contributed by atoms with Gasteiger partial charge in [0, 0.05) is 0 Å². The van der Waals surface area contributed by atoms with Gasteiger partial charge in [-0.1, -0.05) is 23.2 Å². The number of aliphatic hydroxyl groups is 2. The standard InChI is InChI=1S/C6H10Cl2O3/c1-3-6(7,8)5(10)4(2-9)11-3/h3-5,9-10H,2H2,1H3/t3-,4+,5+/m0/s1. The summed E-state index contributed by atoms with van der Waals surface area (Å²) in [7, 11) is 0. The Hall–Kier alpha value is 0.460. The molecular formula is C6H10Cl2O3. The average molecular weight is 201 g/mol. The van der Waals surface area contributed by atoms with Gasteiger partial charge in [-0.2, -0.15) is 0 Å². The lowest BCUT2D eigenvalue weighted by atomic mass is 10.1. The summed E-state index contributed by atoms with van der Waals surface area (Å²) in [4.78, 5) is 0. The minimum atomic E-state index is -1.30. The molecule has 0 amide bonds. The predicted molar refractivity (Wildman–Crippen MR) is 41.9 cm³/mol. The molecule has 0 spiro atoms. The molecule has 1 fully saturated rings. The smallest absolute Gasteiger partial charge is 0.172 e. The Kier molecular flexibility index (Phi) is 2.67. The van der Waals surface area contributed by atoms with E-state index in [9.17, 15) is 5.11 Å². The summed E-state index contributed by atoms with van der Waals surface area (Å²) >= 11 is 11.4. The Morgan fingerprint density at radius 2 is 2.09 bits per heavy atom. The SMILES string of the molecule is C[C@@H]1O[C@H](CO)[C@@H](O)C1(Cl)Cl. The van der Waals surface area contributed by atoms with Crippen LogP contribution < -0.4 is 0 Å². The van der Waals surface area contributed by atoms with Crippen molar-refractivity contribution in [1.29, 1.82) is 0 Å². The van der Waals surface area contributed by atoms with E-state index in [2.05, 4.69) is 0 Å². The molecule has 0 bridgehead atoms. The molecule has 0 saturated carbocycles. The number of ether oxygens (including phenoxy) is 1. The lowest BCUT2D eigenvalue weighted by Crippen LogP contribution is -2.37. The van der Waals surface area contributed by atoms with Crippen molar-refractivity contribution in [2.24, 2.45) is 0 Å². The van der Waals surface area contributed by atoms with Crippen molar-refractivity contribution in [2.75, 3.05) is 6.61 Å². The van der Waals surface area contributed by atoms with Gasteiger partial charge in [0.05, 0.1) is 12.7 Å². The van der Waals surface area contributed by atoms with Crippen LogP contribution in [0.1, 0.15) is 6.92 Å². The van der Waals surface area contributed by atoms with Gasteiger partial charge >= 0.3 is 0 Å². The highest BCUT2D eigenvalue weighted by Gasteiger charge is 2.51. The first-order chi connectivity index (χ1) is 5.00. The van der Waals surface area contributed by atoms with Gasteiger partial charge in [0.1, 0.15) is 12.2 Å². The highest BCUT2D eigenvalue weighted by molar-refractivity contribution is 6.49. The van der Waals surface area contributed by atoms with Gasteiger partial charge in [-0.15, -0.1) is 0 Å². The molecule has 0 radical (unpaired) electrons. The Morgan fingerprint density at radius 1 is 1.55 bits per heavy atom. The monoisotopic (exact) mass is 200 g/mol. The molecule has 66 valence electrons. The minimum Gasteiger partial charge on any atom is -0.394 e. The van der Waals surface area contributed by atoms with Crippen molar-refractivity contribution >= 4 is 23.2 Å². The van der Waals surface area contributed by atoms with Crippen LogP contribution in [0.5, 0.6) is 0 Å². The van der Waals surface area contributed by atoms with E-state index in [-0.39, 0.29) is 6.61 Å². The molecule has 5 heteroatoms. The number of rotatable bonds is 1. The lowest BCUT2D eigenvalue weighted by molar-refractivity contribution is -0.0170. The number of alkyl halides is 2. The summed E-state index contributed by atoms with van der Waals surface area (Å²) in [5.74, 6) is 0. The Balaban J connectivity index is 2.71. The predicted octanol–water partition coefficient (Wildman–Crippen LogP) is 0.301. The summed E-state index contributed by atoms with van der Waals surface area (Å²) in [5.41, 5.74) is 0. The zero-order chi connectivity index (χ0) is 8.65. The Labute approximate surface area is 74.9 Å². The second-order valence-electron chi connectivity index (χ2n) is 2.62. The third-order valence-electron chi connectivity index (χ3n) is 1.85. The van der Waals surface area contributed by atoms with Crippen LogP contribution in [0.25, 0.3) is 0 Å². The van der Waals surface area contributed by atoms with Gasteiger partial charge in [-0.3, -0.25) is 0 Å². The van der Waals surface area contributed by atoms with Crippen molar-refractivity contribution in [1.82, 2.24) is 0 Å². The fourth-order valence-corrected chi connectivity index (χ4v) is 1.44. The van der Waals surface area contributed by atoms with E-state index in [0.29, 0.717) is 0 Å². The van der Waals surface area contributed by atoms with Gasteiger partial charge in [-0.25, -0.2) is 0 Å². The van der Waals surface area contributed by atoms with E-state index in [4.69, 9.17) is 33.0 Å². The molecule has 2 N–H and O–H groups in total. The quantitative estimate of drug-likeness (QED) is 0.600. The number of hydrogen-bond donors (Lipinski definition) is 2. The van der Waals surface area contributed by atoms with Crippen LogP contribution >= 0.6 is 23.2 Å². The third-order valence-corrected chi connectivity index (χ3v) is 2.91. The molecule has 1 rings (SSSR count). The number of halogens is 2. The Morgan fingerprint density at radius 3 is 2.27 bits per heavy atom. The first kappa shape index (κ1) is 9.55. The van der Waals surface area contributed by atoms with Crippen molar-refractivity contribution < 1.29 is 14.9 Å². The fourth-order valence-electron chi connectivity index (χ4n) is 1.06. The van der Waals surface area contributed by atoms with E-state index in [1.54, 1.807) is 6.92 Å². The average Bonchev–Trinajstić information content (AvgIpc) is 2.14. The van der Waals surface area contributed by atoms with Gasteiger partial charge in [0.25, 0.3) is 0 Å². The molecule has 3 nitrogen and oxygen atoms in total. The minimum absolute atomic E-state index is 0.271. The Bertz CT molecular complexity index is 151. The van der Waals surface area contributed by atoms with Crippen LogP contribution in [0.3, 0.4) is 0 Å². The second kappa shape index (κ2) is 3.07. The molecule has 1 saturated heterocycles. The van der Waals surface area contributed by atoms with Crippen molar-refractivity contribution in [3.8, 4) is 0 Å². The number of aliphatic hydroxyl groups excluding tert-OH is 2. The zero-order valence-corrected chi connectivity index (χ0v) is 7.51. The van der Waals surface area contributed by atoms with E-state index in [1.807, 2.05) is 0 Å². The molecule has 0 aromatic carbocycles. The second-order valence-corrected chi connectivity index (χ2v) is 4.06. The van der Waals surface area contributed by atoms with Gasteiger partial charge in [-0.05, 0) is 6.92 Å². The van der Waals surface area contributed by atoms with Crippen LogP contribution in [-0.2, 0) is 4.74 Å². The number of hydrogen-bond acceptors (Lipinski definition) is 3. The van der Waals surface area contributed by atoms with Crippen molar-refractivity contribution in [2.45, 2.75) is 29.6 Å². The molecule has 11 heavy (non-hydrogen) atoms. The summed E-state index contributed by atoms with van der Waals surface area (Å²) in [6.07, 6.45) is -2.15. The highest BCUT2D eigenvalue weighted by atomic mass is 35.5. The normalized spacial score (nSPS) is 42.8. The first-order valence-corrected chi connectivity index (χ1v) is 4.08. The van der Waals surface area contributed by atoms with Crippen molar-refractivity contribution in [3.63, 3.8) is 0 Å². The molecule has 1 aliphatic rings. The highest BCUT2D eigenvalue weighted by Crippen LogP contribution is 2.39. The molecule has 1 aliphatic heterocycles. The van der Waals surface area contributed by atoms with Gasteiger partial charge < -0.3 is 14.9 Å². The molecule has 3 atom stereocenters.